The number of rotatable bonds is 7. The Kier molecular flexibility index (Phi) is 7.63. The third kappa shape index (κ3) is 6.04. The maximum atomic E-state index is 12.5. The summed E-state index contributed by atoms with van der Waals surface area (Å²) in [6.07, 6.45) is 0. The zero-order chi connectivity index (χ0) is 22.4. The summed E-state index contributed by atoms with van der Waals surface area (Å²) in [5.41, 5.74) is 1.22. The van der Waals surface area contributed by atoms with Gasteiger partial charge in [0.05, 0.1) is 28.4 Å². The number of benzene rings is 3. The summed E-state index contributed by atoms with van der Waals surface area (Å²) in [7, 11) is 1.46. The molecule has 3 aromatic carbocycles. The molecule has 0 heterocycles. The fourth-order valence-corrected chi connectivity index (χ4v) is 3.32. The van der Waals surface area contributed by atoms with Crippen LogP contribution in [0.15, 0.2) is 60.7 Å². The summed E-state index contributed by atoms with van der Waals surface area (Å²) in [5.74, 6) is -0.0776. The highest BCUT2D eigenvalue weighted by Gasteiger charge is 2.14. The second-order valence-electron chi connectivity index (χ2n) is 6.26. The third-order valence-corrected chi connectivity index (χ3v) is 4.96. The molecule has 3 aromatic rings. The van der Waals surface area contributed by atoms with Gasteiger partial charge in [-0.2, -0.15) is 0 Å². The molecule has 0 aliphatic heterocycles. The topological polar surface area (TPSA) is 76.7 Å². The van der Waals surface area contributed by atoms with Crippen LogP contribution < -0.4 is 20.1 Å². The zero-order valence-corrected chi connectivity index (χ0v) is 18.5. The Balaban J connectivity index is 1.64. The minimum atomic E-state index is -0.402. The highest BCUT2D eigenvalue weighted by molar-refractivity contribution is 6.35. The predicted octanol–water partition coefficient (Wildman–Crippen LogP) is 5.93. The van der Waals surface area contributed by atoms with Crippen LogP contribution in [0.4, 0.5) is 11.4 Å². The third-order valence-electron chi connectivity index (χ3n) is 4.10. The summed E-state index contributed by atoms with van der Waals surface area (Å²) < 4.78 is 10.7. The Morgan fingerprint density at radius 2 is 1.65 bits per heavy atom. The Bertz CT molecular complexity index is 1120. The van der Waals surface area contributed by atoms with Crippen LogP contribution in [0.2, 0.25) is 15.1 Å². The molecule has 0 atom stereocenters. The molecule has 2 N–H and O–H groups in total. The lowest BCUT2D eigenvalue weighted by atomic mass is 10.2. The first-order chi connectivity index (χ1) is 14.9. The summed E-state index contributed by atoms with van der Waals surface area (Å²) in [6.45, 7) is -0.255. The van der Waals surface area contributed by atoms with Gasteiger partial charge in [-0.25, -0.2) is 0 Å². The molecular formula is C22H17Cl3N2O4. The van der Waals surface area contributed by atoms with E-state index in [1.165, 1.54) is 13.2 Å². The molecule has 0 saturated carbocycles. The second kappa shape index (κ2) is 10.4. The van der Waals surface area contributed by atoms with Gasteiger partial charge in [0.15, 0.2) is 6.61 Å². The van der Waals surface area contributed by atoms with Crippen LogP contribution in [0.1, 0.15) is 10.4 Å². The minimum absolute atomic E-state index is 0.255. The molecule has 9 heteroatoms. The molecule has 0 aliphatic rings. The molecule has 0 aliphatic carbocycles. The Labute approximate surface area is 194 Å². The van der Waals surface area contributed by atoms with Gasteiger partial charge in [-0.15, -0.1) is 0 Å². The van der Waals surface area contributed by atoms with Crippen molar-refractivity contribution < 1.29 is 19.1 Å². The number of hydrogen-bond donors (Lipinski definition) is 2. The van der Waals surface area contributed by atoms with Gasteiger partial charge in [0.25, 0.3) is 11.8 Å². The van der Waals surface area contributed by atoms with E-state index in [-0.39, 0.29) is 12.5 Å². The van der Waals surface area contributed by atoms with Gasteiger partial charge in [-0.1, -0.05) is 46.9 Å². The second-order valence-corrected chi connectivity index (χ2v) is 7.51. The van der Waals surface area contributed by atoms with E-state index in [0.29, 0.717) is 43.5 Å². The van der Waals surface area contributed by atoms with Crippen LogP contribution in [0.3, 0.4) is 0 Å². The number of methoxy groups -OCH3 is 1. The van der Waals surface area contributed by atoms with Gasteiger partial charge in [-0.05, 0) is 42.5 Å². The van der Waals surface area contributed by atoms with Crippen LogP contribution in [0, 0.1) is 0 Å². The molecule has 6 nitrogen and oxygen atoms in total. The van der Waals surface area contributed by atoms with E-state index in [1.807, 2.05) is 0 Å². The van der Waals surface area contributed by atoms with Gasteiger partial charge in [-0.3, -0.25) is 9.59 Å². The number of amides is 2. The van der Waals surface area contributed by atoms with Crippen molar-refractivity contribution in [3.05, 3.63) is 81.3 Å². The smallest absolute Gasteiger partial charge is 0.262 e. The van der Waals surface area contributed by atoms with Crippen LogP contribution in [-0.4, -0.2) is 25.5 Å². The minimum Gasteiger partial charge on any atom is -0.494 e. The highest BCUT2D eigenvalue weighted by atomic mass is 35.5. The van der Waals surface area contributed by atoms with E-state index in [4.69, 9.17) is 44.3 Å². The van der Waals surface area contributed by atoms with Crippen molar-refractivity contribution in [1.29, 1.82) is 0 Å². The SMILES string of the molecule is COc1cc(NC(=O)COc2ccc(Cl)cc2Cl)ccc1NC(=O)c1ccccc1Cl. The molecule has 31 heavy (non-hydrogen) atoms. The van der Waals surface area contributed by atoms with Gasteiger partial charge >= 0.3 is 0 Å². The van der Waals surface area contributed by atoms with E-state index in [0.717, 1.165) is 0 Å². The van der Waals surface area contributed by atoms with Gasteiger partial charge in [0.2, 0.25) is 0 Å². The molecule has 2 amide bonds. The first-order valence-corrected chi connectivity index (χ1v) is 10.1. The highest BCUT2D eigenvalue weighted by Crippen LogP contribution is 2.30. The van der Waals surface area contributed by atoms with Crippen molar-refractivity contribution in [1.82, 2.24) is 0 Å². The molecule has 160 valence electrons. The Morgan fingerprint density at radius 3 is 2.35 bits per heavy atom. The number of carbonyl (C=O) groups is 2. The quantitative estimate of drug-likeness (QED) is 0.441. The van der Waals surface area contributed by atoms with Gasteiger partial charge in [0.1, 0.15) is 11.5 Å². The Morgan fingerprint density at radius 1 is 0.871 bits per heavy atom. The standard InChI is InChI=1S/C22H17Cl3N2O4/c1-30-20-11-14(26-21(28)12-31-19-9-6-13(23)10-17(19)25)7-8-18(20)27-22(29)15-4-2-3-5-16(15)24/h2-11H,12H2,1H3,(H,26,28)(H,27,29). The maximum Gasteiger partial charge on any atom is 0.262 e. The van der Waals surface area contributed by atoms with E-state index < -0.39 is 5.91 Å². The van der Waals surface area contributed by atoms with E-state index in [2.05, 4.69) is 10.6 Å². The Hall–Kier alpha value is -2.93. The number of ether oxygens (including phenoxy) is 2. The first kappa shape index (κ1) is 22.7. The molecule has 0 bridgehead atoms. The normalized spacial score (nSPS) is 10.3. The average Bonchev–Trinajstić information content (AvgIpc) is 2.74. The molecule has 0 saturated heterocycles. The molecule has 0 unspecified atom stereocenters. The lowest BCUT2D eigenvalue weighted by Crippen LogP contribution is -2.20. The molecule has 0 aromatic heterocycles. The van der Waals surface area contributed by atoms with Gasteiger partial charge < -0.3 is 20.1 Å². The zero-order valence-electron chi connectivity index (χ0n) is 16.2. The summed E-state index contributed by atoms with van der Waals surface area (Å²) in [5, 5.41) is 6.55. The predicted molar refractivity (Wildman–Crippen MR) is 123 cm³/mol. The maximum absolute atomic E-state index is 12.5. The van der Waals surface area contributed by atoms with Crippen LogP contribution >= 0.6 is 34.8 Å². The first-order valence-electron chi connectivity index (χ1n) is 8.99. The van der Waals surface area contributed by atoms with E-state index >= 15 is 0 Å². The number of hydrogen-bond acceptors (Lipinski definition) is 4. The molecule has 0 radical (unpaired) electrons. The lowest BCUT2D eigenvalue weighted by Gasteiger charge is -2.13. The fourth-order valence-electron chi connectivity index (χ4n) is 2.64. The van der Waals surface area contributed by atoms with Gasteiger partial charge in [0, 0.05) is 16.8 Å². The van der Waals surface area contributed by atoms with Crippen molar-refractivity contribution >= 4 is 58.0 Å². The molecule has 0 spiro atoms. The summed E-state index contributed by atoms with van der Waals surface area (Å²) >= 11 is 17.9. The van der Waals surface area contributed by atoms with Crippen molar-refractivity contribution in [2.45, 2.75) is 0 Å². The summed E-state index contributed by atoms with van der Waals surface area (Å²) in [4.78, 5) is 24.7. The largest absolute Gasteiger partial charge is 0.494 e. The average molecular weight is 480 g/mol. The fraction of sp³-hybridized carbons (Fsp3) is 0.0909. The van der Waals surface area contributed by atoms with E-state index in [9.17, 15) is 9.59 Å². The lowest BCUT2D eigenvalue weighted by molar-refractivity contribution is -0.118. The van der Waals surface area contributed by atoms with Crippen LogP contribution in [0.25, 0.3) is 0 Å². The number of carbonyl (C=O) groups excluding carboxylic acids is 2. The van der Waals surface area contributed by atoms with Crippen molar-refractivity contribution in [3.8, 4) is 11.5 Å². The number of nitrogens with one attached hydrogen (secondary N) is 2. The van der Waals surface area contributed by atoms with Crippen molar-refractivity contribution in [2.24, 2.45) is 0 Å². The van der Waals surface area contributed by atoms with Crippen molar-refractivity contribution in [3.63, 3.8) is 0 Å². The number of anilines is 2. The number of halogens is 3. The monoisotopic (exact) mass is 478 g/mol. The van der Waals surface area contributed by atoms with Crippen LogP contribution in [0.5, 0.6) is 11.5 Å². The molecule has 3 rings (SSSR count). The van der Waals surface area contributed by atoms with Crippen LogP contribution in [-0.2, 0) is 4.79 Å². The molecular weight excluding hydrogens is 463 g/mol. The molecule has 0 fully saturated rings. The summed E-state index contributed by atoms with van der Waals surface area (Å²) in [6, 6.07) is 16.2. The van der Waals surface area contributed by atoms with Crippen molar-refractivity contribution in [2.75, 3.05) is 24.4 Å². The van der Waals surface area contributed by atoms with E-state index in [1.54, 1.807) is 54.6 Å².